The fourth-order valence-corrected chi connectivity index (χ4v) is 1.48. The summed E-state index contributed by atoms with van der Waals surface area (Å²) >= 11 is 0. The molecule has 1 fully saturated rings. The van der Waals surface area contributed by atoms with Crippen molar-refractivity contribution in [1.82, 2.24) is 0 Å². The van der Waals surface area contributed by atoms with Crippen molar-refractivity contribution in [3.8, 4) is 0 Å². The number of benzene rings is 1. The summed E-state index contributed by atoms with van der Waals surface area (Å²) in [5, 5.41) is 10.3. The first-order valence-electron chi connectivity index (χ1n) is 4.60. The molecule has 2 rings (SSSR count). The molecule has 0 radical (unpaired) electrons. The highest BCUT2D eigenvalue weighted by Crippen LogP contribution is 2.26. The molecule has 4 nitrogen and oxygen atoms in total. The van der Waals surface area contributed by atoms with Gasteiger partial charge in [-0.05, 0) is 18.4 Å². The van der Waals surface area contributed by atoms with Crippen LogP contribution in [0.5, 0.6) is 0 Å². The van der Waals surface area contributed by atoms with Crippen molar-refractivity contribution in [2.75, 3.05) is 0 Å². The maximum absolute atomic E-state index is 10.3. The van der Waals surface area contributed by atoms with Crippen molar-refractivity contribution < 1.29 is 9.66 Å². The van der Waals surface area contributed by atoms with Crippen LogP contribution in [0.4, 0.5) is 0 Å². The molecule has 0 N–H and O–H groups in total. The van der Waals surface area contributed by atoms with Crippen molar-refractivity contribution in [2.45, 2.75) is 25.2 Å². The molecule has 1 aromatic rings. The number of hydrogen-bond acceptors (Lipinski definition) is 3. The minimum absolute atomic E-state index is 0.176. The molecule has 0 aliphatic carbocycles. The molecule has 4 heteroatoms. The Morgan fingerprint density at radius 1 is 1.36 bits per heavy atom. The number of ether oxygens (including phenoxy) is 1. The maximum Gasteiger partial charge on any atom is 0.342 e. The van der Waals surface area contributed by atoms with Crippen LogP contribution >= 0.6 is 0 Å². The average Bonchev–Trinajstić information content (AvgIpc) is 2.96. The molecule has 0 amide bonds. The Morgan fingerprint density at radius 2 is 2.07 bits per heavy atom. The maximum atomic E-state index is 10.3. The predicted octanol–water partition coefficient (Wildman–Crippen LogP) is 1.62. The summed E-state index contributed by atoms with van der Waals surface area (Å²) in [6.07, 6.45) is 0.648. The van der Waals surface area contributed by atoms with E-state index in [2.05, 4.69) is 0 Å². The number of nitrogens with zero attached hydrogens (tertiary/aromatic N) is 1. The zero-order chi connectivity index (χ0) is 9.97. The summed E-state index contributed by atoms with van der Waals surface area (Å²) in [5.41, 5.74) is 1.20. The second kappa shape index (κ2) is 3.75. The van der Waals surface area contributed by atoms with E-state index in [1.807, 2.05) is 30.3 Å². The van der Waals surface area contributed by atoms with Crippen LogP contribution in [0.15, 0.2) is 30.3 Å². The van der Waals surface area contributed by atoms with Crippen LogP contribution in [0.3, 0.4) is 0 Å². The van der Waals surface area contributed by atoms with Crippen molar-refractivity contribution in [2.24, 2.45) is 0 Å². The Balaban J connectivity index is 1.77. The monoisotopic (exact) mass is 193 g/mol. The Bertz CT molecular complexity index is 325. The molecule has 1 aliphatic rings. The van der Waals surface area contributed by atoms with E-state index in [1.54, 1.807) is 0 Å². The van der Waals surface area contributed by atoms with Gasteiger partial charge in [-0.2, -0.15) is 0 Å². The quantitative estimate of drug-likeness (QED) is 0.414. The van der Waals surface area contributed by atoms with Gasteiger partial charge in [-0.3, -0.25) is 10.1 Å². The molecular formula is C10H11NO3. The highest BCUT2D eigenvalue weighted by atomic mass is 16.7. The van der Waals surface area contributed by atoms with Crippen molar-refractivity contribution in [1.29, 1.82) is 0 Å². The molecule has 0 unspecified atom stereocenters. The summed E-state index contributed by atoms with van der Waals surface area (Å²) in [6.45, 7) is 0. The molecule has 1 aromatic carbocycles. The van der Waals surface area contributed by atoms with Crippen molar-refractivity contribution in [3.05, 3.63) is 46.0 Å². The van der Waals surface area contributed by atoms with Crippen LogP contribution in [-0.2, 0) is 11.2 Å². The Labute approximate surface area is 81.7 Å². The highest BCUT2D eigenvalue weighted by Gasteiger charge is 2.49. The molecule has 0 spiro atoms. The van der Waals surface area contributed by atoms with Crippen LogP contribution in [-0.4, -0.2) is 17.3 Å². The SMILES string of the molecule is O=[N+]([O-])[C@@H]1O[C@H]1CCc1ccccc1. The number of nitro groups is 1. The van der Waals surface area contributed by atoms with E-state index < -0.39 is 6.23 Å². The van der Waals surface area contributed by atoms with Gasteiger partial charge in [0.05, 0.1) is 4.92 Å². The van der Waals surface area contributed by atoms with Gasteiger partial charge in [0.25, 0.3) is 0 Å². The molecule has 1 aliphatic heterocycles. The minimum Gasteiger partial charge on any atom is -0.302 e. The Kier molecular flexibility index (Phi) is 2.45. The van der Waals surface area contributed by atoms with Crippen molar-refractivity contribution in [3.63, 3.8) is 0 Å². The van der Waals surface area contributed by atoms with Gasteiger partial charge in [0.15, 0.2) is 6.10 Å². The van der Waals surface area contributed by atoms with Gasteiger partial charge in [0.1, 0.15) is 0 Å². The predicted molar refractivity (Wildman–Crippen MR) is 50.4 cm³/mol. The fourth-order valence-electron chi connectivity index (χ4n) is 1.48. The molecule has 74 valence electrons. The van der Waals surface area contributed by atoms with E-state index in [0.29, 0.717) is 0 Å². The summed E-state index contributed by atoms with van der Waals surface area (Å²) in [6, 6.07) is 9.92. The second-order valence-corrected chi connectivity index (χ2v) is 3.37. The molecule has 1 saturated heterocycles. The third kappa shape index (κ3) is 2.09. The highest BCUT2D eigenvalue weighted by molar-refractivity contribution is 5.14. The second-order valence-electron chi connectivity index (χ2n) is 3.37. The zero-order valence-electron chi connectivity index (χ0n) is 7.63. The van der Waals surface area contributed by atoms with E-state index in [-0.39, 0.29) is 11.0 Å². The van der Waals surface area contributed by atoms with E-state index in [9.17, 15) is 10.1 Å². The number of rotatable bonds is 4. The lowest BCUT2D eigenvalue weighted by molar-refractivity contribution is -0.516. The number of aryl methyl sites for hydroxylation is 1. The summed E-state index contributed by atoms with van der Waals surface area (Å²) in [5.74, 6) is 0. The van der Waals surface area contributed by atoms with Gasteiger partial charge < -0.3 is 4.74 Å². The first-order valence-corrected chi connectivity index (χ1v) is 4.60. The standard InChI is InChI=1S/C10H11NO3/c12-11(13)10-9(14-10)7-6-8-4-2-1-3-5-8/h1-5,9-10H,6-7H2/t9-,10+/m0/s1. The largest absolute Gasteiger partial charge is 0.342 e. The molecular weight excluding hydrogens is 182 g/mol. The fraction of sp³-hybridized carbons (Fsp3) is 0.400. The van der Waals surface area contributed by atoms with Crippen molar-refractivity contribution >= 4 is 0 Å². The van der Waals surface area contributed by atoms with Crippen LogP contribution in [0.2, 0.25) is 0 Å². The lowest BCUT2D eigenvalue weighted by atomic mass is 10.1. The topological polar surface area (TPSA) is 55.7 Å². The number of hydrogen-bond donors (Lipinski definition) is 0. The normalized spacial score (nSPS) is 24.6. The van der Waals surface area contributed by atoms with Crippen LogP contribution in [0.25, 0.3) is 0 Å². The van der Waals surface area contributed by atoms with Gasteiger partial charge >= 0.3 is 6.23 Å². The van der Waals surface area contributed by atoms with Crippen LogP contribution in [0, 0.1) is 10.1 Å². The number of epoxide rings is 1. The minimum atomic E-state index is -0.751. The Morgan fingerprint density at radius 3 is 2.64 bits per heavy atom. The molecule has 0 saturated carbocycles. The molecule has 14 heavy (non-hydrogen) atoms. The van der Waals surface area contributed by atoms with E-state index in [0.717, 1.165) is 12.8 Å². The van der Waals surface area contributed by atoms with Gasteiger partial charge in [0, 0.05) is 0 Å². The summed E-state index contributed by atoms with van der Waals surface area (Å²) < 4.78 is 4.90. The summed E-state index contributed by atoms with van der Waals surface area (Å²) in [4.78, 5) is 9.90. The third-order valence-electron chi connectivity index (χ3n) is 2.32. The van der Waals surface area contributed by atoms with Gasteiger partial charge in [-0.25, -0.2) is 0 Å². The van der Waals surface area contributed by atoms with E-state index in [4.69, 9.17) is 4.74 Å². The van der Waals surface area contributed by atoms with E-state index in [1.165, 1.54) is 5.56 Å². The average molecular weight is 193 g/mol. The van der Waals surface area contributed by atoms with Crippen LogP contribution < -0.4 is 0 Å². The molecule has 1 heterocycles. The molecule has 0 aromatic heterocycles. The first-order chi connectivity index (χ1) is 6.77. The lowest BCUT2D eigenvalue weighted by Crippen LogP contribution is -2.06. The smallest absolute Gasteiger partial charge is 0.302 e. The zero-order valence-corrected chi connectivity index (χ0v) is 7.63. The lowest BCUT2D eigenvalue weighted by Gasteiger charge is -1.96. The van der Waals surface area contributed by atoms with E-state index >= 15 is 0 Å². The van der Waals surface area contributed by atoms with Gasteiger partial charge in [-0.15, -0.1) is 0 Å². The molecule has 2 atom stereocenters. The van der Waals surface area contributed by atoms with Gasteiger partial charge in [0.2, 0.25) is 0 Å². The third-order valence-corrected chi connectivity index (χ3v) is 2.32. The summed E-state index contributed by atoms with van der Waals surface area (Å²) in [7, 11) is 0. The Hall–Kier alpha value is -1.42. The molecule has 0 bridgehead atoms. The van der Waals surface area contributed by atoms with Gasteiger partial charge in [-0.1, -0.05) is 30.3 Å². The first kappa shape index (κ1) is 9.15. The van der Waals surface area contributed by atoms with Crippen LogP contribution in [0.1, 0.15) is 12.0 Å².